The van der Waals surface area contributed by atoms with Crippen molar-refractivity contribution >= 4 is 46.5 Å². The van der Waals surface area contributed by atoms with Crippen molar-refractivity contribution in [2.45, 2.75) is 0 Å². The van der Waals surface area contributed by atoms with Crippen molar-refractivity contribution in [3.8, 4) is 0 Å². The fourth-order valence-electron chi connectivity index (χ4n) is 0.506. The fourth-order valence-corrected chi connectivity index (χ4v) is 1.59. The van der Waals surface area contributed by atoms with Gasteiger partial charge in [0.25, 0.3) is 0 Å². The van der Waals surface area contributed by atoms with Gasteiger partial charge in [-0.2, -0.15) is 4.37 Å². The molecule has 1 heterocycles. The van der Waals surface area contributed by atoms with Crippen LogP contribution in [0.2, 0.25) is 9.49 Å². The number of carbonyl (C=O) groups excluding carboxylic acids is 1. The largest absolute Gasteiger partial charge is 0.453 e. The molecule has 1 amide bonds. The van der Waals surface area contributed by atoms with Crippen molar-refractivity contribution in [3.05, 3.63) is 9.49 Å². The van der Waals surface area contributed by atoms with Crippen molar-refractivity contribution < 1.29 is 9.53 Å². The Morgan fingerprint density at radius 2 is 2.33 bits per heavy atom. The van der Waals surface area contributed by atoms with Gasteiger partial charge in [0.15, 0.2) is 5.15 Å². The van der Waals surface area contributed by atoms with E-state index in [4.69, 9.17) is 23.2 Å². The summed E-state index contributed by atoms with van der Waals surface area (Å²) in [6, 6.07) is 0. The van der Waals surface area contributed by atoms with E-state index < -0.39 is 6.09 Å². The van der Waals surface area contributed by atoms with Gasteiger partial charge in [0.05, 0.1) is 7.11 Å². The standard InChI is InChI=1S/C5H4Cl2N2O2S/c1-11-5(10)8-2-3(6)9-12-4(2)7/h1H3,(H,8,10). The predicted molar refractivity (Wildman–Crippen MR) is 48.2 cm³/mol. The van der Waals surface area contributed by atoms with Crippen LogP contribution in [0.3, 0.4) is 0 Å². The molecule has 1 N–H and O–H groups in total. The number of nitrogens with one attached hydrogen (secondary N) is 1. The highest BCUT2D eigenvalue weighted by molar-refractivity contribution is 7.11. The number of carbonyl (C=O) groups is 1. The maximum atomic E-state index is 10.7. The summed E-state index contributed by atoms with van der Waals surface area (Å²) in [5.74, 6) is 0. The lowest BCUT2D eigenvalue weighted by Gasteiger charge is -2.00. The average molecular weight is 227 g/mol. The molecule has 0 saturated carbocycles. The zero-order chi connectivity index (χ0) is 9.14. The molecular weight excluding hydrogens is 223 g/mol. The van der Waals surface area contributed by atoms with Crippen molar-refractivity contribution in [2.24, 2.45) is 0 Å². The van der Waals surface area contributed by atoms with Crippen molar-refractivity contribution in [3.63, 3.8) is 0 Å². The molecule has 0 saturated heterocycles. The Balaban J connectivity index is 2.80. The second-order valence-corrected chi connectivity index (χ2v) is 3.47. The molecule has 1 aromatic heterocycles. The molecule has 0 atom stereocenters. The Hall–Kier alpha value is -0.520. The lowest BCUT2D eigenvalue weighted by molar-refractivity contribution is 0.187. The number of ether oxygens (including phenoxy) is 1. The smallest absolute Gasteiger partial charge is 0.411 e. The summed E-state index contributed by atoms with van der Waals surface area (Å²) < 4.78 is 8.38. The van der Waals surface area contributed by atoms with Gasteiger partial charge in [-0.05, 0) is 11.5 Å². The summed E-state index contributed by atoms with van der Waals surface area (Å²) in [5.41, 5.74) is 0.287. The highest BCUT2D eigenvalue weighted by atomic mass is 35.5. The molecule has 0 radical (unpaired) electrons. The molecule has 0 bridgehead atoms. The summed E-state index contributed by atoms with van der Waals surface area (Å²) >= 11 is 12.2. The minimum Gasteiger partial charge on any atom is -0.453 e. The van der Waals surface area contributed by atoms with Crippen LogP contribution in [0.4, 0.5) is 10.5 Å². The molecule has 0 spiro atoms. The van der Waals surface area contributed by atoms with Crippen LogP contribution in [0.25, 0.3) is 0 Å². The highest BCUT2D eigenvalue weighted by Gasteiger charge is 2.12. The first-order valence-electron chi connectivity index (χ1n) is 2.80. The van der Waals surface area contributed by atoms with E-state index in [1.807, 2.05) is 0 Å². The van der Waals surface area contributed by atoms with Crippen molar-refractivity contribution in [2.75, 3.05) is 12.4 Å². The number of rotatable bonds is 1. The molecule has 12 heavy (non-hydrogen) atoms. The van der Waals surface area contributed by atoms with Crippen LogP contribution in [0, 0.1) is 0 Å². The molecule has 4 nitrogen and oxygen atoms in total. The maximum Gasteiger partial charge on any atom is 0.411 e. The minimum atomic E-state index is -0.626. The molecule has 0 aliphatic rings. The first-order chi connectivity index (χ1) is 5.65. The lowest BCUT2D eigenvalue weighted by atomic mass is 10.6. The van der Waals surface area contributed by atoms with Gasteiger partial charge in [-0.25, -0.2) is 4.79 Å². The van der Waals surface area contributed by atoms with E-state index in [2.05, 4.69) is 14.4 Å². The average Bonchev–Trinajstić information content (AvgIpc) is 2.35. The summed E-state index contributed by atoms with van der Waals surface area (Å²) in [4.78, 5) is 10.7. The van der Waals surface area contributed by atoms with E-state index in [1.165, 1.54) is 7.11 Å². The number of hydrogen-bond acceptors (Lipinski definition) is 4. The van der Waals surface area contributed by atoms with Gasteiger partial charge in [0.1, 0.15) is 10.0 Å². The monoisotopic (exact) mass is 226 g/mol. The van der Waals surface area contributed by atoms with E-state index >= 15 is 0 Å². The Morgan fingerprint density at radius 3 is 2.75 bits per heavy atom. The number of halogens is 2. The van der Waals surface area contributed by atoms with Crippen LogP contribution in [0.1, 0.15) is 0 Å². The van der Waals surface area contributed by atoms with Gasteiger partial charge in [0, 0.05) is 0 Å². The molecule has 0 aromatic carbocycles. The molecule has 0 unspecified atom stereocenters. The number of hydrogen-bond donors (Lipinski definition) is 1. The number of aromatic nitrogens is 1. The molecule has 1 rings (SSSR count). The fraction of sp³-hybridized carbons (Fsp3) is 0.200. The topological polar surface area (TPSA) is 51.2 Å². The van der Waals surface area contributed by atoms with Crippen LogP contribution in [0.15, 0.2) is 0 Å². The van der Waals surface area contributed by atoms with Gasteiger partial charge in [-0.15, -0.1) is 0 Å². The third kappa shape index (κ3) is 2.00. The Kier molecular flexibility index (Phi) is 3.13. The SMILES string of the molecule is COC(=O)Nc1c(Cl)nsc1Cl. The summed E-state index contributed by atoms with van der Waals surface area (Å²) in [6.07, 6.45) is -0.626. The zero-order valence-electron chi connectivity index (χ0n) is 5.93. The number of methoxy groups -OCH3 is 1. The Morgan fingerprint density at radius 1 is 1.67 bits per heavy atom. The van der Waals surface area contributed by atoms with Crippen LogP contribution in [-0.4, -0.2) is 17.6 Å². The molecule has 7 heteroatoms. The van der Waals surface area contributed by atoms with Crippen LogP contribution >= 0.6 is 34.7 Å². The van der Waals surface area contributed by atoms with E-state index in [0.717, 1.165) is 11.5 Å². The van der Waals surface area contributed by atoms with Gasteiger partial charge in [0.2, 0.25) is 0 Å². The van der Waals surface area contributed by atoms with Gasteiger partial charge >= 0.3 is 6.09 Å². The Bertz CT molecular complexity index is 282. The van der Waals surface area contributed by atoms with E-state index in [-0.39, 0.29) is 10.8 Å². The summed E-state index contributed by atoms with van der Waals surface area (Å²) in [7, 11) is 1.25. The molecule has 1 aromatic rings. The molecule has 0 aliphatic carbocycles. The van der Waals surface area contributed by atoms with E-state index in [0.29, 0.717) is 4.34 Å². The van der Waals surface area contributed by atoms with Gasteiger partial charge in [-0.1, -0.05) is 23.2 Å². The minimum absolute atomic E-state index is 0.162. The zero-order valence-corrected chi connectivity index (χ0v) is 8.26. The van der Waals surface area contributed by atoms with E-state index in [1.54, 1.807) is 0 Å². The number of nitrogens with zero attached hydrogens (tertiary/aromatic N) is 1. The second-order valence-electron chi connectivity index (χ2n) is 1.74. The lowest BCUT2D eigenvalue weighted by Crippen LogP contribution is -2.10. The van der Waals surface area contributed by atoms with Crippen LogP contribution in [0.5, 0.6) is 0 Å². The van der Waals surface area contributed by atoms with Gasteiger partial charge in [-0.3, -0.25) is 5.32 Å². The van der Waals surface area contributed by atoms with Crippen LogP contribution < -0.4 is 5.32 Å². The normalized spacial score (nSPS) is 9.58. The highest BCUT2D eigenvalue weighted by Crippen LogP contribution is 2.33. The molecule has 0 fully saturated rings. The number of amides is 1. The first-order valence-corrected chi connectivity index (χ1v) is 4.33. The quantitative estimate of drug-likeness (QED) is 0.802. The number of anilines is 1. The van der Waals surface area contributed by atoms with Gasteiger partial charge < -0.3 is 4.74 Å². The van der Waals surface area contributed by atoms with Crippen LogP contribution in [-0.2, 0) is 4.74 Å². The summed E-state index contributed by atoms with van der Waals surface area (Å²) in [6.45, 7) is 0. The second kappa shape index (κ2) is 3.93. The first kappa shape index (κ1) is 9.57. The third-order valence-electron chi connectivity index (χ3n) is 1.02. The molecule has 0 aliphatic heterocycles. The third-order valence-corrected chi connectivity index (χ3v) is 2.43. The van der Waals surface area contributed by atoms with Crippen molar-refractivity contribution in [1.29, 1.82) is 0 Å². The predicted octanol–water partition coefficient (Wildman–Crippen LogP) is 2.63. The molecular formula is C5H4Cl2N2O2S. The maximum absolute atomic E-state index is 10.7. The summed E-state index contributed by atoms with van der Waals surface area (Å²) in [5, 5.41) is 2.49. The Labute approximate surface area is 82.6 Å². The van der Waals surface area contributed by atoms with E-state index in [9.17, 15) is 4.79 Å². The van der Waals surface area contributed by atoms with Crippen molar-refractivity contribution in [1.82, 2.24) is 4.37 Å². The molecule has 66 valence electrons.